The molecule has 0 aliphatic rings. The van der Waals surface area contributed by atoms with Crippen molar-refractivity contribution in [3.8, 4) is 5.75 Å². The summed E-state index contributed by atoms with van der Waals surface area (Å²) in [6.07, 6.45) is 0. The Balaban J connectivity index is 2.43. The Morgan fingerprint density at radius 1 is 1.19 bits per heavy atom. The monoisotopic (exact) mass is 322 g/mol. The number of para-hydroxylation sites is 1. The van der Waals surface area contributed by atoms with Crippen LogP contribution >= 0.6 is 23.4 Å². The topological polar surface area (TPSA) is 46.5 Å². The van der Waals surface area contributed by atoms with E-state index in [0.29, 0.717) is 16.3 Å². The number of rotatable bonds is 5. The highest BCUT2D eigenvalue weighted by atomic mass is 35.5. The van der Waals surface area contributed by atoms with E-state index in [1.54, 1.807) is 20.1 Å². The van der Waals surface area contributed by atoms with Crippen molar-refractivity contribution in [2.24, 2.45) is 0 Å². The predicted octanol–water partition coefficient (Wildman–Crippen LogP) is 4.69. The van der Waals surface area contributed by atoms with Crippen molar-refractivity contribution < 1.29 is 14.6 Å². The molecule has 0 amide bonds. The Hall–Kier alpha value is -1.65. The molecule has 2 aromatic rings. The molecule has 0 saturated heterocycles. The van der Waals surface area contributed by atoms with Crippen molar-refractivity contribution >= 4 is 29.3 Å². The highest BCUT2D eigenvalue weighted by Gasteiger charge is 2.20. The average molecular weight is 323 g/mol. The summed E-state index contributed by atoms with van der Waals surface area (Å²) in [5.41, 5.74) is 0.655. The van der Waals surface area contributed by atoms with Gasteiger partial charge < -0.3 is 9.84 Å². The van der Waals surface area contributed by atoms with Crippen LogP contribution in [0.5, 0.6) is 5.75 Å². The number of halogens is 1. The Morgan fingerprint density at radius 2 is 1.86 bits per heavy atom. The molecule has 0 heterocycles. The van der Waals surface area contributed by atoms with Gasteiger partial charge in [0.15, 0.2) is 0 Å². The van der Waals surface area contributed by atoms with Gasteiger partial charge in [-0.3, -0.25) is 4.79 Å². The lowest BCUT2D eigenvalue weighted by Crippen LogP contribution is -2.09. The summed E-state index contributed by atoms with van der Waals surface area (Å²) in [6.45, 7) is 1.64. The molecule has 21 heavy (non-hydrogen) atoms. The van der Waals surface area contributed by atoms with Gasteiger partial charge in [0.2, 0.25) is 0 Å². The zero-order valence-electron chi connectivity index (χ0n) is 11.7. The molecule has 0 aromatic heterocycles. The lowest BCUT2D eigenvalue weighted by atomic mass is 10.0. The minimum absolute atomic E-state index is 0.581. The number of carboxylic acids is 1. The summed E-state index contributed by atoms with van der Waals surface area (Å²) >= 11 is 7.63. The van der Waals surface area contributed by atoms with Crippen LogP contribution < -0.4 is 4.74 Å². The maximum Gasteiger partial charge on any atom is 0.310 e. The van der Waals surface area contributed by atoms with Crippen molar-refractivity contribution in [2.45, 2.75) is 22.6 Å². The molecule has 3 nitrogen and oxygen atoms in total. The molecule has 2 rings (SSSR count). The Morgan fingerprint density at radius 3 is 2.48 bits per heavy atom. The molecular weight excluding hydrogens is 308 g/mol. The van der Waals surface area contributed by atoms with Gasteiger partial charge in [-0.25, -0.2) is 0 Å². The average Bonchev–Trinajstić information content (AvgIpc) is 2.48. The first kappa shape index (κ1) is 15.7. The van der Waals surface area contributed by atoms with Crippen LogP contribution in [0, 0.1) is 0 Å². The van der Waals surface area contributed by atoms with Crippen LogP contribution in [-0.2, 0) is 4.79 Å². The van der Waals surface area contributed by atoms with E-state index in [9.17, 15) is 9.90 Å². The third-order valence-corrected chi connectivity index (χ3v) is 4.67. The predicted molar refractivity (Wildman–Crippen MR) is 84.6 cm³/mol. The molecule has 0 aliphatic carbocycles. The molecule has 0 fully saturated rings. The number of benzene rings is 2. The van der Waals surface area contributed by atoms with Crippen LogP contribution in [0.15, 0.2) is 52.3 Å². The SMILES string of the molecule is COc1c(Sc2ccccc2Cl)cccc1C(C)C(=O)O. The van der Waals surface area contributed by atoms with Gasteiger partial charge in [0, 0.05) is 10.5 Å². The molecular formula is C16H15ClO3S. The normalized spacial score (nSPS) is 12.0. The molecule has 1 N–H and O–H groups in total. The van der Waals surface area contributed by atoms with E-state index in [0.717, 1.165) is 9.79 Å². The molecule has 0 radical (unpaired) electrons. The molecule has 0 saturated carbocycles. The fraction of sp³-hybridized carbons (Fsp3) is 0.188. The van der Waals surface area contributed by atoms with Crippen molar-refractivity contribution in [1.82, 2.24) is 0 Å². The number of aliphatic carboxylic acids is 1. The lowest BCUT2D eigenvalue weighted by Gasteiger charge is -2.16. The van der Waals surface area contributed by atoms with Crippen LogP contribution in [0.2, 0.25) is 5.02 Å². The Kier molecular flexibility index (Phi) is 5.15. The third kappa shape index (κ3) is 3.52. The number of carboxylic acid groups (broad SMARTS) is 1. The highest BCUT2D eigenvalue weighted by molar-refractivity contribution is 7.99. The minimum Gasteiger partial charge on any atom is -0.495 e. The summed E-state index contributed by atoms with van der Waals surface area (Å²) in [6, 6.07) is 13.0. The van der Waals surface area contributed by atoms with Crippen molar-refractivity contribution in [3.05, 3.63) is 53.1 Å². The molecule has 0 bridgehead atoms. The smallest absolute Gasteiger partial charge is 0.310 e. The molecule has 2 aromatic carbocycles. The molecule has 1 atom stereocenters. The first-order valence-electron chi connectivity index (χ1n) is 6.36. The molecule has 0 aliphatic heterocycles. The molecule has 5 heteroatoms. The number of hydrogen-bond donors (Lipinski definition) is 1. The van der Waals surface area contributed by atoms with Crippen LogP contribution in [0.3, 0.4) is 0 Å². The molecule has 0 spiro atoms. The second-order valence-electron chi connectivity index (χ2n) is 4.47. The Bertz CT molecular complexity index is 658. The van der Waals surface area contributed by atoms with E-state index in [-0.39, 0.29) is 0 Å². The minimum atomic E-state index is -0.881. The first-order valence-corrected chi connectivity index (χ1v) is 7.56. The Labute approximate surface area is 132 Å². The van der Waals surface area contributed by atoms with Crippen LogP contribution in [0.1, 0.15) is 18.4 Å². The van der Waals surface area contributed by atoms with E-state index in [1.807, 2.05) is 36.4 Å². The number of ether oxygens (including phenoxy) is 1. The van der Waals surface area contributed by atoms with E-state index < -0.39 is 11.9 Å². The van der Waals surface area contributed by atoms with E-state index in [4.69, 9.17) is 16.3 Å². The summed E-state index contributed by atoms with van der Waals surface area (Å²) in [7, 11) is 1.55. The zero-order chi connectivity index (χ0) is 15.4. The standard InChI is InChI=1S/C16H15ClO3S/c1-10(16(18)19)11-6-5-9-14(15(11)20-2)21-13-8-4-3-7-12(13)17/h3-10H,1-2H3,(H,18,19). The van der Waals surface area contributed by atoms with Crippen LogP contribution in [-0.4, -0.2) is 18.2 Å². The summed E-state index contributed by atoms with van der Waals surface area (Å²) in [5, 5.41) is 9.85. The maximum atomic E-state index is 11.2. The van der Waals surface area contributed by atoms with Gasteiger partial charge in [0.1, 0.15) is 5.75 Å². The van der Waals surface area contributed by atoms with Crippen molar-refractivity contribution in [2.75, 3.05) is 7.11 Å². The van der Waals surface area contributed by atoms with E-state index in [1.165, 1.54) is 11.8 Å². The highest BCUT2D eigenvalue weighted by Crippen LogP contribution is 2.41. The number of carbonyl (C=O) groups is 1. The molecule has 110 valence electrons. The summed E-state index contributed by atoms with van der Waals surface area (Å²) in [5.74, 6) is -0.933. The quantitative estimate of drug-likeness (QED) is 0.867. The lowest BCUT2D eigenvalue weighted by molar-refractivity contribution is -0.138. The fourth-order valence-corrected chi connectivity index (χ4v) is 3.19. The van der Waals surface area contributed by atoms with Gasteiger partial charge >= 0.3 is 5.97 Å². The van der Waals surface area contributed by atoms with E-state index in [2.05, 4.69) is 0 Å². The third-order valence-electron chi connectivity index (χ3n) is 3.11. The maximum absolute atomic E-state index is 11.2. The van der Waals surface area contributed by atoms with Gasteiger partial charge in [-0.1, -0.05) is 47.6 Å². The summed E-state index contributed by atoms with van der Waals surface area (Å²) < 4.78 is 5.43. The second kappa shape index (κ2) is 6.87. The van der Waals surface area contributed by atoms with Gasteiger partial charge in [0.05, 0.1) is 22.9 Å². The number of methoxy groups -OCH3 is 1. The van der Waals surface area contributed by atoms with Crippen LogP contribution in [0.4, 0.5) is 0 Å². The van der Waals surface area contributed by atoms with Crippen molar-refractivity contribution in [3.63, 3.8) is 0 Å². The second-order valence-corrected chi connectivity index (χ2v) is 5.96. The largest absolute Gasteiger partial charge is 0.495 e. The number of hydrogen-bond acceptors (Lipinski definition) is 3. The fourth-order valence-electron chi connectivity index (χ4n) is 1.95. The van der Waals surface area contributed by atoms with Crippen LogP contribution in [0.25, 0.3) is 0 Å². The van der Waals surface area contributed by atoms with Gasteiger partial charge in [0.25, 0.3) is 0 Å². The first-order chi connectivity index (χ1) is 10.0. The van der Waals surface area contributed by atoms with Gasteiger partial charge in [-0.05, 0) is 25.1 Å². The summed E-state index contributed by atoms with van der Waals surface area (Å²) in [4.78, 5) is 13.0. The van der Waals surface area contributed by atoms with E-state index >= 15 is 0 Å². The molecule has 1 unspecified atom stereocenters. The van der Waals surface area contributed by atoms with Gasteiger partial charge in [-0.15, -0.1) is 0 Å². The van der Waals surface area contributed by atoms with Gasteiger partial charge in [-0.2, -0.15) is 0 Å². The zero-order valence-corrected chi connectivity index (χ0v) is 13.2. The van der Waals surface area contributed by atoms with Crippen molar-refractivity contribution in [1.29, 1.82) is 0 Å².